The number of anilines is 1. The molecule has 0 saturated carbocycles. The van der Waals surface area contributed by atoms with Gasteiger partial charge < -0.3 is 18.9 Å². The highest BCUT2D eigenvalue weighted by atomic mass is 32.5. The fourth-order valence-corrected chi connectivity index (χ4v) is 1.94. The van der Waals surface area contributed by atoms with Gasteiger partial charge in [0.25, 0.3) is 0 Å². The fourth-order valence-electron chi connectivity index (χ4n) is 1.09. The largest absolute Gasteiger partial charge is 0.405 e. The summed E-state index contributed by atoms with van der Waals surface area (Å²) in [6.45, 7) is 1.79. The molecule has 0 saturated heterocycles. The summed E-state index contributed by atoms with van der Waals surface area (Å²) in [6.07, 6.45) is 0. The summed E-state index contributed by atoms with van der Waals surface area (Å²) in [5.74, 6) is 0.844. The van der Waals surface area contributed by atoms with Crippen LogP contribution < -0.4 is 9.84 Å². The van der Waals surface area contributed by atoms with Crippen molar-refractivity contribution in [2.75, 3.05) is 26.1 Å². The Kier molecular flexibility index (Phi) is 5.27. The molecule has 0 amide bonds. The molecule has 1 heterocycles. The molecule has 1 aromatic rings. The quantitative estimate of drug-likeness (QED) is 0.799. The van der Waals surface area contributed by atoms with Gasteiger partial charge in [0.2, 0.25) is 11.8 Å². The summed E-state index contributed by atoms with van der Waals surface area (Å²) in [6, 6.07) is 1.68. The van der Waals surface area contributed by atoms with Crippen molar-refractivity contribution in [2.45, 2.75) is 13.8 Å². The van der Waals surface area contributed by atoms with Gasteiger partial charge in [0.05, 0.1) is 0 Å². The van der Waals surface area contributed by atoms with Crippen molar-refractivity contribution < 1.29 is 13.6 Å². The summed E-state index contributed by atoms with van der Waals surface area (Å²) in [5, 5.41) is 3.01. The van der Waals surface area contributed by atoms with E-state index in [4.69, 9.17) is 25.4 Å². The average Bonchev–Trinajstić information content (AvgIpc) is 2.28. The van der Waals surface area contributed by atoms with Crippen molar-refractivity contribution in [2.24, 2.45) is 0 Å². The zero-order chi connectivity index (χ0) is 12.9. The minimum absolute atomic E-state index is 0.348. The number of rotatable bonds is 6. The predicted molar refractivity (Wildman–Crippen MR) is 69.9 cm³/mol. The van der Waals surface area contributed by atoms with E-state index in [0.29, 0.717) is 11.8 Å². The lowest BCUT2D eigenvalue weighted by molar-refractivity contribution is 0.270. The second kappa shape index (κ2) is 6.26. The molecule has 0 radical (unpaired) electrons. The van der Waals surface area contributed by atoms with E-state index < -0.39 is 6.72 Å². The van der Waals surface area contributed by atoms with E-state index in [1.165, 1.54) is 14.2 Å². The Morgan fingerprint density at radius 1 is 1.35 bits per heavy atom. The molecule has 0 unspecified atom stereocenters. The average molecular weight is 277 g/mol. The van der Waals surface area contributed by atoms with Gasteiger partial charge in [0.1, 0.15) is 0 Å². The normalized spacial score (nSPS) is 11.3. The molecule has 0 bridgehead atoms. The van der Waals surface area contributed by atoms with E-state index >= 15 is 0 Å². The maximum Gasteiger partial charge on any atom is 0.381 e. The summed E-state index contributed by atoms with van der Waals surface area (Å²) >= 11 is 5.10. The van der Waals surface area contributed by atoms with E-state index in [1.54, 1.807) is 6.07 Å². The van der Waals surface area contributed by atoms with Gasteiger partial charge in [-0.1, -0.05) is 0 Å². The second-order valence-electron chi connectivity index (χ2n) is 3.11. The van der Waals surface area contributed by atoms with Crippen LogP contribution in [-0.2, 0) is 20.9 Å². The highest BCUT2D eigenvalue weighted by Crippen LogP contribution is 2.47. The second-order valence-corrected chi connectivity index (χ2v) is 6.25. The summed E-state index contributed by atoms with van der Waals surface area (Å²) in [7, 11) is 2.90. The number of nitrogens with zero attached hydrogens (tertiary/aromatic N) is 2. The lowest BCUT2D eigenvalue weighted by Crippen LogP contribution is -2.05. The number of nitrogens with one attached hydrogen (secondary N) is 1. The highest BCUT2D eigenvalue weighted by molar-refractivity contribution is 8.07. The summed E-state index contributed by atoms with van der Waals surface area (Å²) in [4.78, 5) is 8.36. The van der Waals surface area contributed by atoms with E-state index in [1.807, 2.05) is 13.8 Å². The molecular formula is C9H16N3O3PS. The third kappa shape index (κ3) is 4.20. The Hall–Kier alpha value is -0.750. The molecule has 0 aliphatic rings. The van der Waals surface area contributed by atoms with Gasteiger partial charge in [-0.25, -0.2) is 4.98 Å². The molecule has 1 aromatic heterocycles. The Balaban J connectivity index is 2.94. The van der Waals surface area contributed by atoms with Crippen LogP contribution in [0, 0.1) is 6.92 Å². The van der Waals surface area contributed by atoms with Gasteiger partial charge >= 0.3 is 6.72 Å². The van der Waals surface area contributed by atoms with Gasteiger partial charge in [-0.15, -0.1) is 0 Å². The lowest BCUT2D eigenvalue weighted by Gasteiger charge is -2.17. The first kappa shape index (κ1) is 14.3. The Morgan fingerprint density at radius 2 is 2.00 bits per heavy atom. The Bertz CT molecular complexity index is 422. The smallest absolute Gasteiger partial charge is 0.381 e. The van der Waals surface area contributed by atoms with Crippen LogP contribution in [0.2, 0.25) is 0 Å². The first-order valence-corrected chi connectivity index (χ1v) is 7.59. The molecule has 1 rings (SSSR count). The molecule has 0 atom stereocenters. The van der Waals surface area contributed by atoms with Gasteiger partial charge in [-0.3, -0.25) is 0 Å². The predicted octanol–water partition coefficient (Wildman–Crippen LogP) is 2.11. The third-order valence-corrected chi connectivity index (χ3v) is 4.24. The molecule has 0 aliphatic heterocycles. The van der Waals surface area contributed by atoms with Crippen LogP contribution >= 0.6 is 6.72 Å². The van der Waals surface area contributed by atoms with Crippen LogP contribution in [-0.4, -0.2) is 30.7 Å². The number of hydrogen-bond donors (Lipinski definition) is 1. The molecule has 1 N–H and O–H groups in total. The molecule has 6 nitrogen and oxygen atoms in total. The van der Waals surface area contributed by atoms with E-state index in [2.05, 4.69) is 15.3 Å². The summed E-state index contributed by atoms with van der Waals surface area (Å²) in [5.41, 5.74) is 0.778. The van der Waals surface area contributed by atoms with Crippen LogP contribution in [0.25, 0.3) is 0 Å². The lowest BCUT2D eigenvalue weighted by atomic mass is 10.4. The third-order valence-electron chi connectivity index (χ3n) is 1.82. The molecule has 8 heteroatoms. The van der Waals surface area contributed by atoms with Crippen LogP contribution in [0.1, 0.15) is 12.6 Å². The fraction of sp³-hybridized carbons (Fsp3) is 0.556. The first-order valence-electron chi connectivity index (χ1n) is 5.03. The Morgan fingerprint density at radius 3 is 2.53 bits per heavy atom. The van der Waals surface area contributed by atoms with Crippen molar-refractivity contribution >= 4 is 24.5 Å². The van der Waals surface area contributed by atoms with Gasteiger partial charge in [0, 0.05) is 44.3 Å². The molecule has 0 aromatic carbocycles. The SMILES string of the molecule is CCNc1nc(C)cc(OP(=S)(OC)OC)n1. The van der Waals surface area contributed by atoms with Gasteiger partial charge in [-0.2, -0.15) is 4.98 Å². The van der Waals surface area contributed by atoms with Crippen LogP contribution in [0.15, 0.2) is 6.07 Å². The monoisotopic (exact) mass is 277 g/mol. The standard InChI is InChI=1S/C9H16N3O3PS/c1-5-10-9-11-7(2)6-8(12-9)15-16(17,13-3)14-4/h6H,5H2,1-4H3,(H,10,11,12). The van der Waals surface area contributed by atoms with Gasteiger partial charge in [-0.05, 0) is 13.8 Å². The van der Waals surface area contributed by atoms with Crippen molar-refractivity contribution in [3.8, 4) is 5.88 Å². The van der Waals surface area contributed by atoms with Crippen molar-refractivity contribution in [3.05, 3.63) is 11.8 Å². The topological polar surface area (TPSA) is 65.5 Å². The number of hydrogen-bond acceptors (Lipinski definition) is 7. The van der Waals surface area contributed by atoms with Crippen LogP contribution in [0.3, 0.4) is 0 Å². The number of aryl methyl sites for hydroxylation is 1. The zero-order valence-corrected chi connectivity index (χ0v) is 12.0. The molecule has 0 spiro atoms. The zero-order valence-electron chi connectivity index (χ0n) is 10.3. The molecule has 96 valence electrons. The van der Waals surface area contributed by atoms with Crippen LogP contribution in [0.5, 0.6) is 5.88 Å². The van der Waals surface area contributed by atoms with Crippen LogP contribution in [0.4, 0.5) is 5.95 Å². The maximum absolute atomic E-state index is 5.46. The van der Waals surface area contributed by atoms with Crippen molar-refractivity contribution in [1.29, 1.82) is 0 Å². The molecule has 17 heavy (non-hydrogen) atoms. The minimum Gasteiger partial charge on any atom is -0.405 e. The first-order chi connectivity index (χ1) is 8.03. The van der Waals surface area contributed by atoms with E-state index in [-0.39, 0.29) is 0 Å². The molecule has 0 aliphatic carbocycles. The molecular weight excluding hydrogens is 261 g/mol. The van der Waals surface area contributed by atoms with Gasteiger partial charge in [0.15, 0.2) is 0 Å². The molecule has 0 fully saturated rings. The van der Waals surface area contributed by atoms with E-state index in [9.17, 15) is 0 Å². The van der Waals surface area contributed by atoms with Crippen molar-refractivity contribution in [3.63, 3.8) is 0 Å². The minimum atomic E-state index is -2.75. The van der Waals surface area contributed by atoms with E-state index in [0.717, 1.165) is 12.2 Å². The van der Waals surface area contributed by atoms with Crippen molar-refractivity contribution in [1.82, 2.24) is 9.97 Å². The maximum atomic E-state index is 5.46. The highest BCUT2D eigenvalue weighted by Gasteiger charge is 2.19. The summed E-state index contributed by atoms with van der Waals surface area (Å²) < 4.78 is 15.5. The Labute approximate surface area is 106 Å². The number of aromatic nitrogens is 2.